The van der Waals surface area contributed by atoms with Gasteiger partial charge in [-0.1, -0.05) is 12.1 Å². The molecule has 1 aromatic carbocycles. The molecule has 0 radical (unpaired) electrons. The number of hydrogen-bond donors (Lipinski definition) is 0. The Morgan fingerprint density at radius 2 is 2.00 bits per heavy atom. The van der Waals surface area contributed by atoms with Crippen LogP contribution in [0.25, 0.3) is 5.69 Å². The summed E-state index contributed by atoms with van der Waals surface area (Å²) in [5.41, 5.74) is 1.83. The Morgan fingerprint density at radius 3 is 2.78 bits per heavy atom. The maximum atomic E-state index is 14.2. The number of benzene rings is 1. The van der Waals surface area contributed by atoms with Gasteiger partial charge >= 0.3 is 0 Å². The van der Waals surface area contributed by atoms with Gasteiger partial charge in [-0.3, -0.25) is 9.59 Å². The predicted molar refractivity (Wildman–Crippen MR) is 113 cm³/mol. The Labute approximate surface area is 182 Å². The molecule has 3 aromatic rings. The minimum Gasteiger partial charge on any atom is -0.491 e. The van der Waals surface area contributed by atoms with Crippen molar-refractivity contribution in [2.24, 2.45) is 0 Å². The van der Waals surface area contributed by atoms with Gasteiger partial charge in [-0.05, 0) is 37.1 Å². The van der Waals surface area contributed by atoms with Crippen LogP contribution in [0.5, 0.6) is 5.75 Å². The number of imidazole rings is 1. The largest absolute Gasteiger partial charge is 0.491 e. The average Bonchev–Trinajstić information content (AvgIpc) is 3.33. The molecule has 1 aliphatic heterocycles. The van der Waals surface area contributed by atoms with Crippen molar-refractivity contribution in [3.05, 3.63) is 75.7 Å². The molecule has 2 aliphatic rings. The first-order chi connectivity index (χ1) is 15.3. The summed E-state index contributed by atoms with van der Waals surface area (Å²) in [4.78, 5) is 31.5. The second-order valence-corrected chi connectivity index (χ2v) is 8.12. The highest BCUT2D eigenvalue weighted by Gasteiger charge is 2.41. The molecule has 7 nitrogen and oxygen atoms in total. The zero-order valence-corrected chi connectivity index (χ0v) is 17.6. The van der Waals surface area contributed by atoms with Gasteiger partial charge < -0.3 is 18.8 Å². The average molecular weight is 440 g/mol. The second-order valence-electron chi connectivity index (χ2n) is 8.12. The topological polar surface area (TPSA) is 69.4 Å². The molecule has 0 fully saturated rings. The van der Waals surface area contributed by atoms with E-state index in [1.807, 2.05) is 6.92 Å². The molecule has 0 unspecified atom stereocenters. The zero-order valence-electron chi connectivity index (χ0n) is 17.6. The Morgan fingerprint density at radius 1 is 1.16 bits per heavy atom. The van der Waals surface area contributed by atoms with Crippen molar-refractivity contribution in [2.45, 2.75) is 32.2 Å². The molecule has 0 spiro atoms. The Balaban J connectivity index is 1.30. The predicted octanol–water partition coefficient (Wildman–Crippen LogP) is 2.92. The number of aromatic nitrogens is 3. The van der Waals surface area contributed by atoms with Crippen LogP contribution < -0.4 is 10.3 Å². The summed E-state index contributed by atoms with van der Waals surface area (Å²) in [6, 6.07) is 8.20. The highest BCUT2D eigenvalue weighted by atomic mass is 19.3. The van der Waals surface area contributed by atoms with Crippen molar-refractivity contribution in [2.75, 3.05) is 19.7 Å². The molecule has 1 amide bonds. The Kier molecular flexibility index (Phi) is 4.83. The lowest BCUT2D eigenvalue weighted by atomic mass is 10.1. The molecule has 1 aliphatic carbocycles. The van der Waals surface area contributed by atoms with E-state index in [0.717, 1.165) is 5.69 Å². The molecule has 0 atom stereocenters. The SMILES string of the molecule is Cc1cn(-c2ccc3n(c2=O)CCN(CCOc2cccc4c2C(F)(F)CC4)C3=O)cn1. The van der Waals surface area contributed by atoms with Crippen LogP contribution in [0.1, 0.15) is 33.7 Å². The van der Waals surface area contributed by atoms with Gasteiger partial charge in [-0.15, -0.1) is 0 Å². The van der Waals surface area contributed by atoms with Gasteiger partial charge in [0, 0.05) is 25.7 Å². The summed E-state index contributed by atoms with van der Waals surface area (Å²) in [7, 11) is 0. The first kappa shape index (κ1) is 20.4. The fourth-order valence-electron chi connectivity index (χ4n) is 4.43. The molecule has 0 bridgehead atoms. The van der Waals surface area contributed by atoms with E-state index < -0.39 is 5.92 Å². The number of halogens is 2. The second kappa shape index (κ2) is 7.58. The number of carbonyl (C=O) groups excluding carboxylic acids is 1. The van der Waals surface area contributed by atoms with E-state index in [1.165, 1.54) is 4.57 Å². The van der Waals surface area contributed by atoms with Crippen LogP contribution in [-0.4, -0.2) is 44.6 Å². The lowest BCUT2D eigenvalue weighted by Gasteiger charge is -2.30. The summed E-state index contributed by atoms with van der Waals surface area (Å²) in [5, 5.41) is 0. The van der Waals surface area contributed by atoms with E-state index >= 15 is 0 Å². The number of alkyl halides is 2. The highest BCUT2D eigenvalue weighted by Crippen LogP contribution is 2.46. The monoisotopic (exact) mass is 440 g/mol. The summed E-state index contributed by atoms with van der Waals surface area (Å²) >= 11 is 0. The normalized spacial score (nSPS) is 16.7. The van der Waals surface area contributed by atoms with E-state index in [4.69, 9.17) is 4.74 Å². The molecular formula is C23H22F2N4O3. The van der Waals surface area contributed by atoms with Gasteiger partial charge in [0.2, 0.25) is 0 Å². The van der Waals surface area contributed by atoms with Crippen molar-refractivity contribution in [3.8, 4) is 11.4 Å². The molecule has 5 rings (SSSR count). The fraction of sp³-hybridized carbons (Fsp3) is 0.348. The van der Waals surface area contributed by atoms with Crippen LogP contribution in [0.2, 0.25) is 0 Å². The third-order valence-electron chi connectivity index (χ3n) is 6.05. The number of aryl methyl sites for hydroxylation is 2. The molecule has 0 saturated carbocycles. The number of carbonyl (C=O) groups is 1. The van der Waals surface area contributed by atoms with Crippen molar-refractivity contribution in [1.29, 1.82) is 0 Å². The minimum atomic E-state index is -2.89. The quantitative estimate of drug-likeness (QED) is 0.612. The van der Waals surface area contributed by atoms with Gasteiger partial charge in [0.25, 0.3) is 17.4 Å². The minimum absolute atomic E-state index is 0.0378. The Bertz CT molecular complexity index is 1260. The number of pyridine rings is 1. The first-order valence-corrected chi connectivity index (χ1v) is 10.5. The van der Waals surface area contributed by atoms with Crippen LogP contribution in [0.4, 0.5) is 8.78 Å². The standard InChI is InChI=1S/C23H22F2N4O3/c1-15-13-28(14-26-15)17-5-6-18-21(30)27(9-10-29(18)22(17)31)11-12-32-19-4-2-3-16-7-8-23(24,25)20(16)19/h2-6,13-14H,7-12H2,1H3. The summed E-state index contributed by atoms with van der Waals surface area (Å²) in [6.07, 6.45) is 3.44. The smallest absolute Gasteiger partial charge is 0.277 e. The zero-order chi connectivity index (χ0) is 22.5. The van der Waals surface area contributed by atoms with Crippen LogP contribution in [0.3, 0.4) is 0 Å². The van der Waals surface area contributed by atoms with Gasteiger partial charge in [0.05, 0.1) is 24.1 Å². The maximum absolute atomic E-state index is 14.2. The maximum Gasteiger partial charge on any atom is 0.277 e. The van der Waals surface area contributed by atoms with E-state index in [-0.39, 0.29) is 42.4 Å². The van der Waals surface area contributed by atoms with Crippen LogP contribution in [0.15, 0.2) is 47.7 Å². The summed E-state index contributed by atoms with van der Waals surface area (Å²) in [6.45, 7) is 2.85. The van der Waals surface area contributed by atoms with E-state index in [2.05, 4.69) is 4.98 Å². The van der Waals surface area contributed by atoms with E-state index in [0.29, 0.717) is 36.5 Å². The molecule has 9 heteroatoms. The van der Waals surface area contributed by atoms with Crippen LogP contribution in [0, 0.1) is 6.92 Å². The van der Waals surface area contributed by atoms with Gasteiger partial charge in [-0.25, -0.2) is 13.8 Å². The Hall–Kier alpha value is -3.49. The summed E-state index contributed by atoms with van der Waals surface area (Å²) < 4.78 is 37.2. The number of hydrogen-bond acceptors (Lipinski definition) is 4. The highest BCUT2D eigenvalue weighted by molar-refractivity contribution is 5.93. The molecule has 2 aromatic heterocycles. The molecule has 166 valence electrons. The van der Waals surface area contributed by atoms with Gasteiger partial charge in [0.15, 0.2) is 0 Å². The molecule has 0 N–H and O–H groups in total. The number of ether oxygens (including phenoxy) is 1. The molecule has 0 saturated heterocycles. The fourth-order valence-corrected chi connectivity index (χ4v) is 4.43. The third-order valence-corrected chi connectivity index (χ3v) is 6.05. The van der Waals surface area contributed by atoms with Crippen LogP contribution >= 0.6 is 0 Å². The number of amides is 1. The van der Waals surface area contributed by atoms with E-state index in [9.17, 15) is 18.4 Å². The molecule has 32 heavy (non-hydrogen) atoms. The number of fused-ring (bicyclic) bond motifs is 2. The first-order valence-electron chi connectivity index (χ1n) is 10.5. The van der Waals surface area contributed by atoms with Crippen molar-refractivity contribution in [3.63, 3.8) is 0 Å². The van der Waals surface area contributed by atoms with Gasteiger partial charge in [-0.2, -0.15) is 0 Å². The number of nitrogens with zero attached hydrogens (tertiary/aromatic N) is 4. The van der Waals surface area contributed by atoms with Gasteiger partial charge in [0.1, 0.15) is 23.7 Å². The van der Waals surface area contributed by atoms with Crippen LogP contribution in [-0.2, 0) is 18.9 Å². The van der Waals surface area contributed by atoms with Crippen molar-refractivity contribution in [1.82, 2.24) is 19.0 Å². The lowest BCUT2D eigenvalue weighted by Crippen LogP contribution is -2.46. The molecular weight excluding hydrogens is 418 g/mol. The van der Waals surface area contributed by atoms with E-state index in [1.54, 1.807) is 52.3 Å². The third kappa shape index (κ3) is 3.37. The number of rotatable bonds is 5. The summed E-state index contributed by atoms with van der Waals surface area (Å²) in [5.74, 6) is -3.00. The lowest BCUT2D eigenvalue weighted by molar-refractivity contribution is -0.00448. The van der Waals surface area contributed by atoms with Crippen molar-refractivity contribution >= 4 is 5.91 Å². The molecule has 3 heterocycles. The van der Waals surface area contributed by atoms with Crippen molar-refractivity contribution < 1.29 is 18.3 Å².